The van der Waals surface area contributed by atoms with E-state index in [9.17, 15) is 0 Å². The fourth-order valence-corrected chi connectivity index (χ4v) is 1.07. The minimum atomic E-state index is 0.465. The van der Waals surface area contributed by atoms with Crippen LogP contribution >= 0.6 is 0 Å². The van der Waals surface area contributed by atoms with Gasteiger partial charge in [-0.1, -0.05) is 5.16 Å². The molecule has 13 heavy (non-hydrogen) atoms. The molecule has 0 N–H and O–H groups in total. The molecule has 0 unspecified atom stereocenters. The third kappa shape index (κ3) is 1.42. The van der Waals surface area contributed by atoms with Crippen molar-refractivity contribution in [3.05, 3.63) is 36.2 Å². The van der Waals surface area contributed by atoms with E-state index in [1.165, 1.54) is 6.39 Å². The molecule has 0 aliphatic carbocycles. The van der Waals surface area contributed by atoms with Crippen molar-refractivity contribution >= 4 is 0 Å². The lowest BCUT2D eigenvalue weighted by atomic mass is 10.4. The maximum Gasteiger partial charge on any atom is 0.213 e. The smallest absolute Gasteiger partial charge is 0.213 e. The average molecular weight is 174 g/mol. The third-order valence-electron chi connectivity index (χ3n) is 1.66. The summed E-state index contributed by atoms with van der Waals surface area (Å²) < 4.78 is 6.33. The van der Waals surface area contributed by atoms with Crippen molar-refractivity contribution in [3.63, 3.8) is 0 Å². The van der Waals surface area contributed by atoms with Crippen LogP contribution in [0.5, 0.6) is 0 Å². The number of nitriles is 1. The molecule has 0 aliphatic rings. The molecular weight excluding hydrogens is 168 g/mol. The minimum absolute atomic E-state index is 0.465. The molecule has 5 nitrogen and oxygen atoms in total. The molecule has 0 bridgehead atoms. The van der Waals surface area contributed by atoms with Gasteiger partial charge in [-0.3, -0.25) is 0 Å². The molecule has 2 heterocycles. The average Bonchev–Trinajstić information content (AvgIpc) is 2.76. The Balaban J connectivity index is 2.24. The molecule has 0 radical (unpaired) electrons. The third-order valence-corrected chi connectivity index (χ3v) is 1.66. The molecule has 0 fully saturated rings. The Bertz CT molecular complexity index is 423. The van der Waals surface area contributed by atoms with E-state index in [-0.39, 0.29) is 0 Å². The van der Waals surface area contributed by atoms with Gasteiger partial charge in [0.05, 0.1) is 6.54 Å². The summed E-state index contributed by atoms with van der Waals surface area (Å²) in [4.78, 5) is 3.86. The second kappa shape index (κ2) is 3.11. The molecule has 64 valence electrons. The predicted octanol–water partition coefficient (Wildman–Crippen LogP) is 0.791. The van der Waals surface area contributed by atoms with Gasteiger partial charge in [0.25, 0.3) is 0 Å². The summed E-state index contributed by atoms with van der Waals surface area (Å²) >= 11 is 0. The van der Waals surface area contributed by atoms with E-state index in [4.69, 9.17) is 5.26 Å². The topological polar surface area (TPSA) is 67.6 Å². The standard InChI is InChI=1S/C8H6N4O/c9-4-7-2-1-3-12(7)5-8-10-6-13-11-8/h1-3,6H,5H2. The second-order valence-corrected chi connectivity index (χ2v) is 2.48. The van der Waals surface area contributed by atoms with Crippen LogP contribution in [0.1, 0.15) is 11.5 Å². The van der Waals surface area contributed by atoms with Gasteiger partial charge in [-0.25, -0.2) is 0 Å². The lowest BCUT2D eigenvalue weighted by Crippen LogP contribution is -2.01. The fraction of sp³-hybridized carbons (Fsp3) is 0.125. The zero-order valence-electron chi connectivity index (χ0n) is 6.71. The van der Waals surface area contributed by atoms with E-state index in [2.05, 4.69) is 20.7 Å². The summed E-state index contributed by atoms with van der Waals surface area (Å²) in [6.45, 7) is 0.465. The monoisotopic (exact) mass is 174 g/mol. The SMILES string of the molecule is N#Cc1cccn1Cc1ncon1. The first kappa shape index (κ1) is 7.55. The van der Waals surface area contributed by atoms with Crippen LogP contribution in [0.4, 0.5) is 0 Å². The Hall–Kier alpha value is -2.09. The minimum Gasteiger partial charge on any atom is -0.343 e. The van der Waals surface area contributed by atoms with Crippen molar-refractivity contribution in [3.8, 4) is 6.07 Å². The molecule has 5 heteroatoms. The number of nitrogens with zero attached hydrogens (tertiary/aromatic N) is 4. The summed E-state index contributed by atoms with van der Waals surface area (Å²) in [5.41, 5.74) is 0.588. The van der Waals surface area contributed by atoms with Crippen LogP contribution in [-0.4, -0.2) is 14.7 Å². The molecule has 0 saturated carbocycles. The van der Waals surface area contributed by atoms with Crippen LogP contribution in [0.3, 0.4) is 0 Å². The van der Waals surface area contributed by atoms with E-state index in [0.717, 1.165) is 0 Å². The van der Waals surface area contributed by atoms with Crippen LogP contribution in [-0.2, 0) is 6.54 Å². The zero-order valence-corrected chi connectivity index (χ0v) is 6.71. The summed E-state index contributed by atoms with van der Waals surface area (Å²) in [6, 6.07) is 5.61. The van der Waals surface area contributed by atoms with Gasteiger partial charge in [0.2, 0.25) is 6.39 Å². The van der Waals surface area contributed by atoms with Crippen molar-refractivity contribution in [2.75, 3.05) is 0 Å². The van der Waals surface area contributed by atoms with E-state index in [0.29, 0.717) is 18.1 Å². The van der Waals surface area contributed by atoms with E-state index in [1.54, 1.807) is 22.9 Å². The van der Waals surface area contributed by atoms with E-state index >= 15 is 0 Å². The Kier molecular flexibility index (Phi) is 1.81. The molecule has 2 aromatic rings. The van der Waals surface area contributed by atoms with Crippen LogP contribution in [0.2, 0.25) is 0 Å². The summed E-state index contributed by atoms with van der Waals surface area (Å²) in [7, 11) is 0. The molecule has 0 amide bonds. The van der Waals surface area contributed by atoms with Crippen LogP contribution < -0.4 is 0 Å². The maximum absolute atomic E-state index is 8.70. The first-order valence-corrected chi connectivity index (χ1v) is 3.70. The Labute approximate surface area is 74.2 Å². The molecule has 0 saturated heterocycles. The summed E-state index contributed by atoms with van der Waals surface area (Å²) in [5.74, 6) is 0.563. The van der Waals surface area contributed by atoms with Gasteiger partial charge in [-0.15, -0.1) is 0 Å². The maximum atomic E-state index is 8.70. The lowest BCUT2D eigenvalue weighted by Gasteiger charge is -1.98. The Morgan fingerprint density at radius 1 is 1.62 bits per heavy atom. The van der Waals surface area contributed by atoms with Gasteiger partial charge in [-0.05, 0) is 12.1 Å². The van der Waals surface area contributed by atoms with Gasteiger partial charge < -0.3 is 9.09 Å². The highest BCUT2D eigenvalue weighted by Crippen LogP contribution is 2.02. The second-order valence-electron chi connectivity index (χ2n) is 2.48. The fourth-order valence-electron chi connectivity index (χ4n) is 1.07. The van der Waals surface area contributed by atoms with Crippen molar-refractivity contribution in [1.82, 2.24) is 14.7 Å². The zero-order chi connectivity index (χ0) is 9.10. The molecule has 0 aromatic carbocycles. The van der Waals surface area contributed by atoms with Crippen LogP contribution in [0.25, 0.3) is 0 Å². The highest BCUT2D eigenvalue weighted by Gasteiger charge is 2.03. The first-order valence-electron chi connectivity index (χ1n) is 3.70. The predicted molar refractivity (Wildman–Crippen MR) is 42.5 cm³/mol. The number of hydrogen-bond acceptors (Lipinski definition) is 4. The van der Waals surface area contributed by atoms with Crippen LogP contribution in [0, 0.1) is 11.3 Å². The summed E-state index contributed by atoms with van der Waals surface area (Å²) in [5, 5.41) is 12.4. The van der Waals surface area contributed by atoms with E-state index in [1.807, 2.05) is 0 Å². The number of hydrogen-bond donors (Lipinski definition) is 0. The summed E-state index contributed by atoms with van der Waals surface area (Å²) in [6.07, 6.45) is 3.07. The Morgan fingerprint density at radius 2 is 2.54 bits per heavy atom. The highest BCUT2D eigenvalue weighted by molar-refractivity contribution is 5.22. The number of aromatic nitrogens is 3. The molecule has 2 rings (SSSR count). The van der Waals surface area contributed by atoms with Crippen molar-refractivity contribution in [1.29, 1.82) is 5.26 Å². The lowest BCUT2D eigenvalue weighted by molar-refractivity contribution is 0.408. The normalized spacial score (nSPS) is 9.77. The van der Waals surface area contributed by atoms with E-state index < -0.39 is 0 Å². The van der Waals surface area contributed by atoms with Gasteiger partial charge in [-0.2, -0.15) is 10.2 Å². The first-order chi connectivity index (χ1) is 6.40. The van der Waals surface area contributed by atoms with Crippen LogP contribution in [0.15, 0.2) is 29.2 Å². The quantitative estimate of drug-likeness (QED) is 0.675. The Morgan fingerprint density at radius 3 is 3.23 bits per heavy atom. The van der Waals surface area contributed by atoms with Crippen molar-refractivity contribution < 1.29 is 4.52 Å². The van der Waals surface area contributed by atoms with Gasteiger partial charge in [0, 0.05) is 6.20 Å². The largest absolute Gasteiger partial charge is 0.343 e. The molecule has 2 aromatic heterocycles. The molecule has 0 spiro atoms. The van der Waals surface area contributed by atoms with Crippen molar-refractivity contribution in [2.24, 2.45) is 0 Å². The van der Waals surface area contributed by atoms with Gasteiger partial charge in [0.15, 0.2) is 5.82 Å². The molecule has 0 atom stereocenters. The highest BCUT2D eigenvalue weighted by atomic mass is 16.5. The van der Waals surface area contributed by atoms with Crippen molar-refractivity contribution in [2.45, 2.75) is 6.54 Å². The molecule has 0 aliphatic heterocycles. The number of rotatable bonds is 2. The van der Waals surface area contributed by atoms with Gasteiger partial charge in [0.1, 0.15) is 11.8 Å². The van der Waals surface area contributed by atoms with Gasteiger partial charge >= 0.3 is 0 Å². The molecular formula is C8H6N4O.